The van der Waals surface area contributed by atoms with Crippen LogP contribution >= 0.6 is 0 Å². The Morgan fingerprint density at radius 2 is 2.24 bits per heavy atom. The van der Waals surface area contributed by atoms with E-state index in [4.69, 9.17) is 15.0 Å². The molecule has 0 spiro atoms. The van der Waals surface area contributed by atoms with Crippen molar-refractivity contribution in [3.63, 3.8) is 0 Å². The van der Waals surface area contributed by atoms with Crippen LogP contribution in [0.1, 0.15) is 17.5 Å². The third-order valence-electron chi connectivity index (χ3n) is 3.66. The minimum absolute atomic E-state index is 0.122. The van der Waals surface area contributed by atoms with Crippen LogP contribution < -0.4 is 5.73 Å². The summed E-state index contributed by atoms with van der Waals surface area (Å²) in [4.78, 5) is 6.71. The summed E-state index contributed by atoms with van der Waals surface area (Å²) in [6, 6.07) is 7.97. The lowest BCUT2D eigenvalue weighted by molar-refractivity contribution is -0.0264. The van der Waals surface area contributed by atoms with Crippen LogP contribution in [0.4, 0.5) is 0 Å². The SMILES string of the molecule is CN1CCOC(c2noc(-c3ccccc3CCN)n2)C1. The number of likely N-dealkylation sites (N-methyl/N-ethyl adjacent to an activating group) is 1. The monoisotopic (exact) mass is 288 g/mol. The van der Waals surface area contributed by atoms with Crippen LogP contribution in [0.25, 0.3) is 11.5 Å². The molecule has 3 rings (SSSR count). The van der Waals surface area contributed by atoms with Crippen LogP contribution in [0.5, 0.6) is 0 Å². The Hall–Kier alpha value is -1.76. The predicted octanol–water partition coefficient (Wildman–Crippen LogP) is 1.24. The molecular weight excluding hydrogens is 268 g/mol. The summed E-state index contributed by atoms with van der Waals surface area (Å²) in [5, 5.41) is 4.08. The summed E-state index contributed by atoms with van der Waals surface area (Å²) in [7, 11) is 2.06. The lowest BCUT2D eigenvalue weighted by Crippen LogP contribution is -2.35. The summed E-state index contributed by atoms with van der Waals surface area (Å²) >= 11 is 0. The molecule has 1 atom stereocenters. The van der Waals surface area contributed by atoms with E-state index in [2.05, 4.69) is 22.1 Å². The van der Waals surface area contributed by atoms with Gasteiger partial charge in [-0.1, -0.05) is 23.4 Å². The summed E-state index contributed by atoms with van der Waals surface area (Å²) in [5.74, 6) is 1.14. The topological polar surface area (TPSA) is 77.4 Å². The van der Waals surface area contributed by atoms with Crippen molar-refractivity contribution < 1.29 is 9.26 Å². The van der Waals surface area contributed by atoms with E-state index < -0.39 is 0 Å². The first-order valence-corrected chi connectivity index (χ1v) is 7.20. The van der Waals surface area contributed by atoms with Gasteiger partial charge in [-0.05, 0) is 31.6 Å². The second-order valence-electron chi connectivity index (χ2n) is 5.28. The normalized spacial score (nSPS) is 19.8. The fourth-order valence-electron chi connectivity index (χ4n) is 2.51. The standard InChI is InChI=1S/C15H20N4O2/c1-19-8-9-20-13(10-19)14-17-15(21-18-14)12-5-3-2-4-11(12)6-7-16/h2-5,13H,6-10,16H2,1H3. The molecule has 2 aromatic rings. The zero-order valence-corrected chi connectivity index (χ0v) is 12.2. The molecule has 1 aliphatic heterocycles. The lowest BCUT2D eigenvalue weighted by atomic mass is 10.0. The largest absolute Gasteiger partial charge is 0.367 e. The lowest BCUT2D eigenvalue weighted by Gasteiger charge is -2.27. The summed E-state index contributed by atoms with van der Waals surface area (Å²) in [6.07, 6.45) is 0.666. The molecule has 0 bridgehead atoms. The average Bonchev–Trinajstić information content (AvgIpc) is 2.98. The van der Waals surface area contributed by atoms with Crippen molar-refractivity contribution in [1.82, 2.24) is 15.0 Å². The quantitative estimate of drug-likeness (QED) is 0.912. The van der Waals surface area contributed by atoms with Crippen molar-refractivity contribution >= 4 is 0 Å². The number of nitrogens with zero attached hydrogens (tertiary/aromatic N) is 3. The smallest absolute Gasteiger partial charge is 0.258 e. The summed E-state index contributed by atoms with van der Waals surface area (Å²) in [6.45, 7) is 2.99. The van der Waals surface area contributed by atoms with Crippen molar-refractivity contribution in [1.29, 1.82) is 0 Å². The van der Waals surface area contributed by atoms with Crippen LogP contribution in [0.3, 0.4) is 0 Å². The van der Waals surface area contributed by atoms with Gasteiger partial charge in [0.15, 0.2) is 0 Å². The molecule has 1 saturated heterocycles. The first kappa shape index (κ1) is 14.2. The number of hydrogen-bond donors (Lipinski definition) is 1. The molecule has 0 aliphatic carbocycles. The van der Waals surface area contributed by atoms with Crippen molar-refractivity contribution in [3.8, 4) is 11.5 Å². The number of morpholine rings is 1. The number of aromatic nitrogens is 2. The first-order chi connectivity index (χ1) is 10.3. The molecular formula is C15H20N4O2. The molecule has 0 radical (unpaired) electrons. The third-order valence-corrected chi connectivity index (χ3v) is 3.66. The molecule has 1 aromatic carbocycles. The Kier molecular flexibility index (Phi) is 4.28. The van der Waals surface area contributed by atoms with Crippen molar-refractivity contribution in [3.05, 3.63) is 35.7 Å². The Morgan fingerprint density at radius 1 is 1.38 bits per heavy atom. The van der Waals surface area contributed by atoms with Crippen LogP contribution in [-0.2, 0) is 11.2 Å². The van der Waals surface area contributed by atoms with Gasteiger partial charge in [-0.2, -0.15) is 4.98 Å². The zero-order valence-electron chi connectivity index (χ0n) is 12.2. The second-order valence-corrected chi connectivity index (χ2v) is 5.28. The summed E-state index contributed by atoms with van der Waals surface area (Å²) < 4.78 is 11.1. The fourth-order valence-corrected chi connectivity index (χ4v) is 2.51. The van der Waals surface area contributed by atoms with Gasteiger partial charge >= 0.3 is 0 Å². The van der Waals surface area contributed by atoms with E-state index in [1.165, 1.54) is 0 Å². The van der Waals surface area contributed by atoms with E-state index in [0.717, 1.165) is 30.6 Å². The first-order valence-electron chi connectivity index (χ1n) is 7.20. The maximum absolute atomic E-state index is 5.71. The number of ether oxygens (including phenoxy) is 1. The maximum Gasteiger partial charge on any atom is 0.258 e. The molecule has 0 saturated carbocycles. The number of benzene rings is 1. The summed E-state index contributed by atoms with van der Waals surface area (Å²) in [5.41, 5.74) is 7.72. The van der Waals surface area contributed by atoms with Crippen LogP contribution in [0, 0.1) is 0 Å². The molecule has 2 N–H and O–H groups in total. The zero-order chi connectivity index (χ0) is 14.7. The van der Waals surface area contributed by atoms with Gasteiger partial charge in [0.25, 0.3) is 5.89 Å². The average molecular weight is 288 g/mol. The van der Waals surface area contributed by atoms with E-state index in [1.807, 2.05) is 24.3 Å². The van der Waals surface area contributed by atoms with Crippen LogP contribution in [-0.4, -0.2) is 48.3 Å². The molecule has 0 amide bonds. The highest BCUT2D eigenvalue weighted by Crippen LogP contribution is 2.25. The van der Waals surface area contributed by atoms with Gasteiger partial charge in [-0.25, -0.2) is 0 Å². The highest BCUT2D eigenvalue weighted by atomic mass is 16.5. The molecule has 6 nitrogen and oxygen atoms in total. The minimum atomic E-state index is -0.122. The Labute approximate surface area is 123 Å². The maximum atomic E-state index is 5.71. The minimum Gasteiger partial charge on any atom is -0.367 e. The van der Waals surface area contributed by atoms with Gasteiger partial charge in [-0.3, -0.25) is 0 Å². The van der Waals surface area contributed by atoms with Gasteiger partial charge in [0.1, 0.15) is 6.10 Å². The highest BCUT2D eigenvalue weighted by Gasteiger charge is 2.25. The van der Waals surface area contributed by atoms with E-state index in [-0.39, 0.29) is 6.10 Å². The fraction of sp³-hybridized carbons (Fsp3) is 0.467. The molecule has 1 fully saturated rings. The highest BCUT2D eigenvalue weighted by molar-refractivity contribution is 5.58. The number of hydrogen-bond acceptors (Lipinski definition) is 6. The Morgan fingerprint density at radius 3 is 3.05 bits per heavy atom. The van der Waals surface area contributed by atoms with Crippen molar-refractivity contribution in [2.45, 2.75) is 12.5 Å². The number of nitrogens with two attached hydrogens (primary N) is 1. The molecule has 21 heavy (non-hydrogen) atoms. The molecule has 2 heterocycles. The van der Waals surface area contributed by atoms with E-state index in [0.29, 0.717) is 24.9 Å². The second kappa shape index (κ2) is 6.34. The Bertz CT molecular complexity index is 599. The number of rotatable bonds is 4. The molecule has 112 valence electrons. The third kappa shape index (κ3) is 3.12. The van der Waals surface area contributed by atoms with E-state index in [9.17, 15) is 0 Å². The van der Waals surface area contributed by atoms with Crippen molar-refractivity contribution in [2.75, 3.05) is 33.3 Å². The molecule has 6 heteroatoms. The van der Waals surface area contributed by atoms with Crippen LogP contribution in [0.2, 0.25) is 0 Å². The van der Waals surface area contributed by atoms with Gasteiger partial charge in [-0.15, -0.1) is 0 Å². The van der Waals surface area contributed by atoms with Gasteiger partial charge in [0.05, 0.1) is 6.61 Å². The van der Waals surface area contributed by atoms with Gasteiger partial charge < -0.3 is 19.9 Å². The Balaban J connectivity index is 1.84. The van der Waals surface area contributed by atoms with Crippen LogP contribution in [0.15, 0.2) is 28.8 Å². The molecule has 1 aromatic heterocycles. The van der Waals surface area contributed by atoms with Gasteiger partial charge in [0.2, 0.25) is 5.82 Å². The van der Waals surface area contributed by atoms with Crippen molar-refractivity contribution in [2.24, 2.45) is 5.73 Å². The predicted molar refractivity (Wildman–Crippen MR) is 78.7 cm³/mol. The molecule has 1 unspecified atom stereocenters. The van der Waals surface area contributed by atoms with E-state index >= 15 is 0 Å². The molecule has 1 aliphatic rings. The van der Waals surface area contributed by atoms with E-state index in [1.54, 1.807) is 0 Å². The van der Waals surface area contributed by atoms with Gasteiger partial charge in [0, 0.05) is 18.7 Å².